The highest BCUT2D eigenvalue weighted by atomic mass is 19.2. The molecule has 27 heavy (non-hydrogen) atoms. The number of rotatable bonds is 4. The van der Waals surface area contributed by atoms with Gasteiger partial charge in [-0.05, 0) is 29.8 Å². The second kappa shape index (κ2) is 6.42. The summed E-state index contributed by atoms with van der Waals surface area (Å²) in [5, 5.41) is 9.27. The third-order valence-electron chi connectivity index (χ3n) is 4.52. The first-order valence-electron chi connectivity index (χ1n) is 8.13. The van der Waals surface area contributed by atoms with Crippen molar-refractivity contribution >= 4 is 17.5 Å². The SMILES string of the molecule is COc1ccc(CN2N=N[C@@H]3C(=O)N(c4ccc(F)c(F)c4)C(=O)[C@@H]32)cc1. The highest BCUT2D eigenvalue weighted by Crippen LogP contribution is 2.33. The Bertz CT molecular complexity index is 948. The number of carbonyl (C=O) groups is 2. The molecular formula is C18H14F2N4O3. The van der Waals surface area contributed by atoms with E-state index < -0.39 is 35.5 Å². The van der Waals surface area contributed by atoms with Gasteiger partial charge in [-0.2, -0.15) is 5.11 Å². The Kier molecular flexibility index (Phi) is 4.06. The first-order valence-corrected chi connectivity index (χ1v) is 8.13. The van der Waals surface area contributed by atoms with E-state index in [4.69, 9.17) is 4.74 Å². The number of nitrogens with zero attached hydrogens (tertiary/aromatic N) is 4. The summed E-state index contributed by atoms with van der Waals surface area (Å²) in [6.45, 7) is 0.263. The van der Waals surface area contributed by atoms with Crippen LogP contribution in [0.4, 0.5) is 14.5 Å². The third-order valence-corrected chi connectivity index (χ3v) is 4.52. The van der Waals surface area contributed by atoms with E-state index >= 15 is 0 Å². The van der Waals surface area contributed by atoms with Crippen LogP contribution >= 0.6 is 0 Å². The molecule has 4 rings (SSSR count). The van der Waals surface area contributed by atoms with Crippen molar-refractivity contribution in [2.24, 2.45) is 10.3 Å². The first kappa shape index (κ1) is 17.1. The second-order valence-corrected chi connectivity index (χ2v) is 6.15. The van der Waals surface area contributed by atoms with Gasteiger partial charge in [-0.1, -0.05) is 17.4 Å². The van der Waals surface area contributed by atoms with Gasteiger partial charge in [-0.3, -0.25) is 14.6 Å². The van der Waals surface area contributed by atoms with Gasteiger partial charge >= 0.3 is 0 Å². The van der Waals surface area contributed by atoms with Crippen LogP contribution in [0.2, 0.25) is 0 Å². The number of methoxy groups -OCH3 is 1. The second-order valence-electron chi connectivity index (χ2n) is 6.15. The average molecular weight is 372 g/mol. The number of imide groups is 1. The molecule has 2 atom stereocenters. The molecule has 1 saturated heterocycles. The van der Waals surface area contributed by atoms with Crippen LogP contribution in [-0.2, 0) is 16.1 Å². The van der Waals surface area contributed by atoms with Crippen molar-refractivity contribution in [2.75, 3.05) is 12.0 Å². The Morgan fingerprint density at radius 3 is 2.44 bits per heavy atom. The predicted octanol–water partition coefficient (Wildman–Crippen LogP) is 2.47. The number of anilines is 1. The predicted molar refractivity (Wildman–Crippen MR) is 89.8 cm³/mol. The summed E-state index contributed by atoms with van der Waals surface area (Å²) in [6, 6.07) is 8.14. The molecule has 2 heterocycles. The van der Waals surface area contributed by atoms with E-state index in [-0.39, 0.29) is 12.2 Å². The molecule has 0 radical (unpaired) electrons. The number of fused-ring (bicyclic) bond motifs is 1. The summed E-state index contributed by atoms with van der Waals surface area (Å²) in [6.07, 6.45) is 0. The molecule has 0 aromatic heterocycles. The van der Waals surface area contributed by atoms with Crippen molar-refractivity contribution in [2.45, 2.75) is 18.6 Å². The van der Waals surface area contributed by atoms with E-state index in [1.807, 2.05) is 12.1 Å². The minimum absolute atomic E-state index is 0.0297. The molecule has 0 bridgehead atoms. The lowest BCUT2D eigenvalue weighted by molar-refractivity contribution is -0.123. The highest BCUT2D eigenvalue weighted by molar-refractivity contribution is 6.25. The summed E-state index contributed by atoms with van der Waals surface area (Å²) in [7, 11) is 1.56. The molecule has 0 spiro atoms. The molecule has 2 aromatic carbocycles. The van der Waals surface area contributed by atoms with Crippen LogP contribution in [-0.4, -0.2) is 36.0 Å². The van der Waals surface area contributed by atoms with Gasteiger partial charge in [0.25, 0.3) is 11.8 Å². The molecule has 0 unspecified atom stereocenters. The maximum absolute atomic E-state index is 13.5. The number of benzene rings is 2. The third kappa shape index (κ3) is 2.80. The van der Waals surface area contributed by atoms with Gasteiger partial charge in [0.1, 0.15) is 5.75 Å². The Morgan fingerprint density at radius 2 is 1.78 bits per heavy atom. The van der Waals surface area contributed by atoms with E-state index in [0.717, 1.165) is 22.6 Å². The Balaban J connectivity index is 1.58. The summed E-state index contributed by atoms with van der Waals surface area (Å²) in [4.78, 5) is 26.2. The normalized spacial score (nSPS) is 21.1. The molecular weight excluding hydrogens is 358 g/mol. The van der Waals surface area contributed by atoms with Crippen molar-refractivity contribution in [1.82, 2.24) is 5.01 Å². The van der Waals surface area contributed by atoms with E-state index in [1.165, 1.54) is 11.1 Å². The zero-order chi connectivity index (χ0) is 19.1. The highest BCUT2D eigenvalue weighted by Gasteiger charge is 2.54. The number of ether oxygens (including phenoxy) is 1. The van der Waals surface area contributed by atoms with Gasteiger partial charge in [-0.25, -0.2) is 13.7 Å². The average Bonchev–Trinajstić information content (AvgIpc) is 3.18. The number of hydrogen-bond acceptors (Lipinski definition) is 6. The van der Waals surface area contributed by atoms with Crippen molar-refractivity contribution in [3.8, 4) is 5.75 Å². The fourth-order valence-corrected chi connectivity index (χ4v) is 3.15. The Labute approximate surface area is 152 Å². The summed E-state index contributed by atoms with van der Waals surface area (Å²) >= 11 is 0. The monoisotopic (exact) mass is 372 g/mol. The first-order chi connectivity index (χ1) is 13.0. The number of halogens is 2. The molecule has 2 aliphatic rings. The quantitative estimate of drug-likeness (QED) is 0.773. The van der Waals surface area contributed by atoms with Crippen LogP contribution in [0.1, 0.15) is 5.56 Å². The smallest absolute Gasteiger partial charge is 0.263 e. The van der Waals surface area contributed by atoms with Crippen LogP contribution in [0.5, 0.6) is 5.75 Å². The molecule has 2 aliphatic heterocycles. The van der Waals surface area contributed by atoms with Crippen LogP contribution in [0, 0.1) is 11.6 Å². The Hall–Kier alpha value is -3.36. The van der Waals surface area contributed by atoms with Gasteiger partial charge in [0.05, 0.1) is 19.3 Å². The molecule has 0 aliphatic carbocycles. The van der Waals surface area contributed by atoms with Gasteiger partial charge in [0.15, 0.2) is 23.7 Å². The fourth-order valence-electron chi connectivity index (χ4n) is 3.15. The van der Waals surface area contributed by atoms with Crippen molar-refractivity contribution < 1.29 is 23.1 Å². The van der Waals surface area contributed by atoms with E-state index in [9.17, 15) is 18.4 Å². The molecule has 2 aromatic rings. The zero-order valence-electron chi connectivity index (χ0n) is 14.2. The molecule has 0 N–H and O–H groups in total. The Morgan fingerprint density at radius 1 is 1.04 bits per heavy atom. The molecule has 2 amide bonds. The summed E-state index contributed by atoms with van der Waals surface area (Å²) in [5.41, 5.74) is 0.819. The lowest BCUT2D eigenvalue weighted by Gasteiger charge is -2.20. The standard InChI is InChI=1S/C18H14F2N4O3/c1-27-12-5-2-10(3-6-12)9-23-16-15(21-22-23)17(25)24(18(16)26)11-4-7-13(19)14(20)8-11/h2-8,15-16H,9H2,1H3/t15-,16+/m0/s1. The van der Waals surface area contributed by atoms with Crippen LogP contribution in [0.15, 0.2) is 52.8 Å². The van der Waals surface area contributed by atoms with Gasteiger partial charge < -0.3 is 4.74 Å². The largest absolute Gasteiger partial charge is 0.497 e. The van der Waals surface area contributed by atoms with Gasteiger partial charge in [-0.15, -0.1) is 0 Å². The number of carbonyl (C=O) groups excluding carboxylic acids is 2. The molecule has 138 valence electrons. The van der Waals surface area contributed by atoms with E-state index in [2.05, 4.69) is 10.3 Å². The van der Waals surface area contributed by atoms with Crippen LogP contribution in [0.25, 0.3) is 0 Å². The van der Waals surface area contributed by atoms with Gasteiger partial charge in [0, 0.05) is 6.07 Å². The summed E-state index contributed by atoms with van der Waals surface area (Å²) in [5.74, 6) is -2.69. The topological polar surface area (TPSA) is 74.6 Å². The van der Waals surface area contributed by atoms with Crippen LogP contribution in [0.3, 0.4) is 0 Å². The maximum atomic E-state index is 13.5. The van der Waals surface area contributed by atoms with Gasteiger partial charge in [0.2, 0.25) is 0 Å². The molecule has 7 nitrogen and oxygen atoms in total. The molecule has 0 saturated carbocycles. The fraction of sp³-hybridized carbons (Fsp3) is 0.222. The molecule has 1 fully saturated rings. The minimum atomic E-state index is -1.14. The molecule has 9 heteroatoms. The van der Waals surface area contributed by atoms with E-state index in [0.29, 0.717) is 5.75 Å². The minimum Gasteiger partial charge on any atom is -0.497 e. The lowest BCUT2D eigenvalue weighted by Crippen LogP contribution is -2.39. The van der Waals surface area contributed by atoms with Crippen molar-refractivity contribution in [1.29, 1.82) is 0 Å². The lowest BCUT2D eigenvalue weighted by atomic mass is 10.1. The number of hydrogen-bond donors (Lipinski definition) is 0. The maximum Gasteiger partial charge on any atom is 0.263 e. The van der Waals surface area contributed by atoms with Crippen LogP contribution < -0.4 is 9.64 Å². The number of amides is 2. The zero-order valence-corrected chi connectivity index (χ0v) is 14.2. The summed E-state index contributed by atoms with van der Waals surface area (Å²) < 4.78 is 31.8. The van der Waals surface area contributed by atoms with Crippen molar-refractivity contribution in [3.63, 3.8) is 0 Å². The van der Waals surface area contributed by atoms with E-state index in [1.54, 1.807) is 19.2 Å². The van der Waals surface area contributed by atoms with Crippen molar-refractivity contribution in [3.05, 3.63) is 59.7 Å².